The number of hydrogen-bond donors (Lipinski definition) is 0. The Labute approximate surface area is 163 Å². The second-order valence-electron chi connectivity index (χ2n) is 8.14. The summed E-state index contributed by atoms with van der Waals surface area (Å²) in [5, 5.41) is 1.54. The van der Waals surface area contributed by atoms with Crippen LogP contribution in [0, 0.1) is 12.3 Å². The van der Waals surface area contributed by atoms with Gasteiger partial charge in [0, 0.05) is 16.0 Å². The number of hydrogen-bond acceptors (Lipinski definition) is 2. The number of fused-ring (bicyclic) bond motifs is 2. The van der Waals surface area contributed by atoms with Crippen molar-refractivity contribution in [1.82, 2.24) is 4.98 Å². The van der Waals surface area contributed by atoms with E-state index in [2.05, 4.69) is 26.0 Å². The molecular formula is C23H19ClN2O. The zero-order chi connectivity index (χ0) is 18.9. The van der Waals surface area contributed by atoms with Crippen LogP contribution in [0.3, 0.4) is 0 Å². The molecule has 0 radical (unpaired) electrons. The highest BCUT2D eigenvalue weighted by atomic mass is 35.5. The fourth-order valence-electron chi connectivity index (χ4n) is 4.25. The molecule has 0 saturated carbocycles. The largest absolute Gasteiger partial charge is 0.277 e. The Balaban J connectivity index is 1.86. The standard InChI is InChI=1S/C23H19ClN2O/c1-13-7-8-17-16(9-13)20-21-18(25-17)11-23(2,3)12-19(21)26(22(20)27)15-6-4-5-14(24)10-15/h4-10,12H,11H2,1-3H3. The number of aryl methyl sites for hydroxylation is 1. The quantitative estimate of drug-likeness (QED) is 0.540. The summed E-state index contributed by atoms with van der Waals surface area (Å²) >= 11 is 6.22. The van der Waals surface area contributed by atoms with Crippen LogP contribution < -0.4 is 4.90 Å². The minimum absolute atomic E-state index is 0.00420. The third-order valence-electron chi connectivity index (χ3n) is 5.35. The van der Waals surface area contributed by atoms with Crippen molar-refractivity contribution in [3.63, 3.8) is 0 Å². The number of rotatable bonds is 1. The summed E-state index contributed by atoms with van der Waals surface area (Å²) in [5.74, 6) is -0.00420. The Bertz CT molecular complexity index is 1180. The van der Waals surface area contributed by atoms with Gasteiger partial charge in [-0.25, -0.2) is 0 Å². The highest BCUT2D eigenvalue weighted by molar-refractivity contribution is 6.32. The van der Waals surface area contributed by atoms with Gasteiger partial charge < -0.3 is 0 Å². The summed E-state index contributed by atoms with van der Waals surface area (Å²) in [6, 6.07) is 13.6. The van der Waals surface area contributed by atoms with Gasteiger partial charge in [-0.05, 0) is 49.1 Å². The van der Waals surface area contributed by atoms with Gasteiger partial charge in [0.2, 0.25) is 0 Å². The van der Waals surface area contributed by atoms with E-state index in [1.54, 1.807) is 4.90 Å². The number of carbonyl (C=O) groups excluding carboxylic acids is 1. The van der Waals surface area contributed by atoms with Crippen LogP contribution in [0.2, 0.25) is 5.02 Å². The highest BCUT2D eigenvalue weighted by Crippen LogP contribution is 2.47. The maximum Gasteiger partial charge on any atom is 0.264 e. The van der Waals surface area contributed by atoms with E-state index in [4.69, 9.17) is 16.6 Å². The van der Waals surface area contributed by atoms with Crippen molar-refractivity contribution < 1.29 is 4.79 Å². The second-order valence-corrected chi connectivity index (χ2v) is 8.58. The molecule has 0 N–H and O–H groups in total. The number of amides is 1. The van der Waals surface area contributed by atoms with Crippen molar-refractivity contribution >= 4 is 39.8 Å². The highest BCUT2D eigenvalue weighted by Gasteiger charge is 2.42. The fraction of sp³-hybridized carbons (Fsp3) is 0.217. The molecule has 2 aromatic carbocycles. The van der Waals surface area contributed by atoms with Gasteiger partial charge >= 0.3 is 0 Å². The first-order chi connectivity index (χ1) is 12.8. The van der Waals surface area contributed by atoms with E-state index in [-0.39, 0.29) is 11.3 Å². The van der Waals surface area contributed by atoms with Crippen molar-refractivity contribution in [2.24, 2.45) is 5.41 Å². The lowest BCUT2D eigenvalue weighted by Gasteiger charge is -2.30. The number of anilines is 1. The molecule has 134 valence electrons. The summed E-state index contributed by atoms with van der Waals surface area (Å²) in [6.07, 6.45) is 3.02. The average molecular weight is 375 g/mol. The van der Waals surface area contributed by atoms with Crippen LogP contribution in [0.25, 0.3) is 16.6 Å². The Morgan fingerprint density at radius 2 is 1.93 bits per heavy atom. The molecule has 0 atom stereocenters. The van der Waals surface area contributed by atoms with Gasteiger partial charge in [0.1, 0.15) is 0 Å². The molecule has 5 rings (SSSR count). The normalized spacial score (nSPS) is 17.3. The molecule has 2 heterocycles. The first-order valence-electron chi connectivity index (χ1n) is 9.10. The van der Waals surface area contributed by atoms with Crippen LogP contribution in [0.15, 0.2) is 48.5 Å². The van der Waals surface area contributed by atoms with Crippen LogP contribution in [-0.2, 0) is 6.42 Å². The van der Waals surface area contributed by atoms with E-state index in [9.17, 15) is 4.79 Å². The number of allylic oxidation sites excluding steroid dienone is 1. The predicted molar refractivity (Wildman–Crippen MR) is 110 cm³/mol. The molecule has 1 aliphatic carbocycles. The van der Waals surface area contributed by atoms with Gasteiger partial charge in [-0.3, -0.25) is 14.7 Å². The molecule has 0 bridgehead atoms. The molecule has 0 unspecified atom stereocenters. The third kappa shape index (κ3) is 2.42. The van der Waals surface area contributed by atoms with E-state index in [0.717, 1.165) is 51.1 Å². The van der Waals surface area contributed by atoms with E-state index in [1.807, 2.05) is 43.3 Å². The van der Waals surface area contributed by atoms with Crippen molar-refractivity contribution in [1.29, 1.82) is 0 Å². The number of benzene rings is 2. The smallest absolute Gasteiger partial charge is 0.264 e. The van der Waals surface area contributed by atoms with Crippen LogP contribution >= 0.6 is 11.6 Å². The van der Waals surface area contributed by atoms with E-state index in [1.165, 1.54) is 0 Å². The average Bonchev–Trinajstić information content (AvgIpc) is 2.87. The topological polar surface area (TPSA) is 33.2 Å². The maximum absolute atomic E-state index is 13.6. The van der Waals surface area contributed by atoms with Gasteiger partial charge in [0.05, 0.1) is 28.2 Å². The molecule has 27 heavy (non-hydrogen) atoms. The van der Waals surface area contributed by atoms with Gasteiger partial charge in [-0.1, -0.05) is 49.2 Å². The molecule has 4 heteroatoms. The lowest BCUT2D eigenvalue weighted by Crippen LogP contribution is -2.26. The molecule has 0 fully saturated rings. The molecule has 1 aliphatic heterocycles. The Morgan fingerprint density at radius 3 is 2.70 bits per heavy atom. The Hall–Kier alpha value is -2.65. The molecule has 1 amide bonds. The zero-order valence-electron chi connectivity index (χ0n) is 15.5. The number of halogens is 1. The maximum atomic E-state index is 13.6. The summed E-state index contributed by atoms with van der Waals surface area (Å²) in [4.78, 5) is 20.3. The summed E-state index contributed by atoms with van der Waals surface area (Å²) in [7, 11) is 0. The van der Waals surface area contributed by atoms with Gasteiger partial charge in [-0.15, -0.1) is 0 Å². The second kappa shape index (κ2) is 5.43. The zero-order valence-corrected chi connectivity index (χ0v) is 16.3. The van der Waals surface area contributed by atoms with Gasteiger partial charge in [-0.2, -0.15) is 0 Å². The Morgan fingerprint density at radius 1 is 1.11 bits per heavy atom. The summed E-state index contributed by atoms with van der Waals surface area (Å²) < 4.78 is 0. The molecule has 3 aromatic rings. The van der Waals surface area contributed by atoms with E-state index in [0.29, 0.717) is 5.02 Å². The molecular weight excluding hydrogens is 356 g/mol. The molecule has 3 nitrogen and oxygen atoms in total. The van der Waals surface area contributed by atoms with Gasteiger partial charge in [0.25, 0.3) is 5.91 Å². The Kier molecular flexibility index (Phi) is 3.32. The number of carbonyl (C=O) groups is 1. The summed E-state index contributed by atoms with van der Waals surface area (Å²) in [5.41, 5.74) is 6.40. The van der Waals surface area contributed by atoms with E-state index < -0.39 is 0 Å². The molecule has 2 aliphatic rings. The lowest BCUT2D eigenvalue weighted by molar-refractivity contribution is 0.101. The van der Waals surface area contributed by atoms with Crippen molar-refractivity contribution in [3.05, 3.63) is 75.9 Å². The first kappa shape index (κ1) is 16.5. The fourth-order valence-corrected chi connectivity index (χ4v) is 4.43. The van der Waals surface area contributed by atoms with Crippen molar-refractivity contribution in [2.45, 2.75) is 27.2 Å². The van der Waals surface area contributed by atoms with Crippen LogP contribution in [-0.4, -0.2) is 10.9 Å². The minimum atomic E-state index is -0.0770. The molecule has 1 aromatic heterocycles. The summed E-state index contributed by atoms with van der Waals surface area (Å²) in [6.45, 7) is 6.41. The molecule has 0 spiro atoms. The molecule has 0 saturated heterocycles. The van der Waals surface area contributed by atoms with Crippen molar-refractivity contribution in [2.75, 3.05) is 4.90 Å². The monoisotopic (exact) mass is 374 g/mol. The predicted octanol–water partition coefficient (Wildman–Crippen LogP) is 5.78. The number of nitrogens with zero attached hydrogens (tertiary/aromatic N) is 2. The van der Waals surface area contributed by atoms with Crippen LogP contribution in [0.4, 0.5) is 5.69 Å². The third-order valence-corrected chi connectivity index (χ3v) is 5.58. The first-order valence-corrected chi connectivity index (χ1v) is 9.48. The van der Waals surface area contributed by atoms with Crippen molar-refractivity contribution in [3.8, 4) is 0 Å². The van der Waals surface area contributed by atoms with Crippen LogP contribution in [0.5, 0.6) is 0 Å². The number of aromatic nitrogens is 1. The lowest BCUT2D eigenvalue weighted by atomic mass is 9.79. The van der Waals surface area contributed by atoms with Gasteiger partial charge in [0.15, 0.2) is 0 Å². The minimum Gasteiger partial charge on any atom is -0.277 e. The van der Waals surface area contributed by atoms with Crippen LogP contribution in [0.1, 0.15) is 41.0 Å². The van der Waals surface area contributed by atoms with E-state index >= 15 is 0 Å². The SMILES string of the molecule is Cc1ccc2nc3c4c(c2c1)C(=O)N(c1cccc(Cl)c1)C4=CC(C)(C)C3. The number of pyridine rings is 1.